The topological polar surface area (TPSA) is 90.5 Å². The van der Waals surface area contributed by atoms with E-state index in [2.05, 4.69) is 16.0 Å². The van der Waals surface area contributed by atoms with Crippen LogP contribution in [0, 0.1) is 5.82 Å². The number of nitrogens with one attached hydrogen (secondary N) is 3. The Hall–Kier alpha value is -2.97. The fourth-order valence-electron chi connectivity index (χ4n) is 3.19. The van der Waals surface area contributed by atoms with Crippen LogP contribution in [0.2, 0.25) is 0 Å². The second-order valence-corrected chi connectivity index (χ2v) is 6.98. The van der Waals surface area contributed by atoms with E-state index in [1.165, 1.54) is 31.2 Å². The van der Waals surface area contributed by atoms with Crippen LogP contribution < -0.4 is 16.0 Å². The van der Waals surface area contributed by atoms with E-state index in [9.17, 15) is 18.8 Å². The van der Waals surface area contributed by atoms with E-state index in [1.54, 1.807) is 6.07 Å². The highest BCUT2D eigenvalue weighted by atomic mass is 35.5. The fourth-order valence-corrected chi connectivity index (χ4v) is 3.19. The van der Waals surface area contributed by atoms with Gasteiger partial charge in [-0.3, -0.25) is 14.5 Å². The summed E-state index contributed by atoms with van der Waals surface area (Å²) >= 11 is 0. The van der Waals surface area contributed by atoms with Crippen molar-refractivity contribution in [1.82, 2.24) is 15.5 Å². The molecule has 3 rings (SSSR count). The van der Waals surface area contributed by atoms with Crippen molar-refractivity contribution in [3.8, 4) is 0 Å². The van der Waals surface area contributed by atoms with E-state index < -0.39 is 35.7 Å². The number of urea groups is 1. The van der Waals surface area contributed by atoms with Crippen molar-refractivity contribution in [3.63, 3.8) is 0 Å². The number of halogens is 2. The van der Waals surface area contributed by atoms with Crippen LogP contribution in [0.3, 0.4) is 0 Å². The molecule has 9 heteroatoms. The first-order valence-corrected chi connectivity index (χ1v) is 9.33. The Kier molecular flexibility index (Phi) is 7.53. The maximum Gasteiger partial charge on any atom is 0.325 e. The molecule has 1 heterocycles. The van der Waals surface area contributed by atoms with Crippen molar-refractivity contribution in [2.45, 2.75) is 25.9 Å². The molecule has 1 aliphatic rings. The molecule has 160 valence electrons. The Bertz CT molecular complexity index is 938. The van der Waals surface area contributed by atoms with Crippen LogP contribution in [0.4, 0.5) is 14.9 Å². The standard InChI is InChI=1S/C21H23FN4O3.ClH/c1-3-23-12-14-5-4-6-17(11-14)24-18(27)13-26-19(28)21(2,25-20(26)29)15-7-9-16(22)10-8-15;/h4-11,23H,3,12-13H2,1-2H3,(H,24,27)(H,25,29);1H. The van der Waals surface area contributed by atoms with E-state index in [0.29, 0.717) is 17.8 Å². The molecular weight excluding hydrogens is 411 g/mol. The van der Waals surface area contributed by atoms with Gasteiger partial charge in [-0.1, -0.05) is 31.2 Å². The minimum atomic E-state index is -1.35. The van der Waals surface area contributed by atoms with Gasteiger partial charge in [-0.05, 0) is 48.9 Å². The van der Waals surface area contributed by atoms with Gasteiger partial charge in [0.15, 0.2) is 0 Å². The average Bonchev–Trinajstić information content (AvgIpc) is 2.91. The molecule has 30 heavy (non-hydrogen) atoms. The molecule has 1 aliphatic heterocycles. The molecule has 3 N–H and O–H groups in total. The second-order valence-electron chi connectivity index (χ2n) is 6.98. The highest BCUT2D eigenvalue weighted by Gasteiger charge is 2.49. The van der Waals surface area contributed by atoms with Crippen molar-refractivity contribution >= 4 is 35.9 Å². The third-order valence-corrected chi connectivity index (χ3v) is 4.79. The Balaban J connectivity index is 0.00000320. The monoisotopic (exact) mass is 434 g/mol. The molecule has 2 aromatic carbocycles. The molecule has 0 bridgehead atoms. The predicted octanol–water partition coefficient (Wildman–Crippen LogP) is 2.76. The molecular formula is C21H24ClFN4O3. The minimum absolute atomic E-state index is 0. The molecule has 1 unspecified atom stereocenters. The van der Waals surface area contributed by atoms with Crippen LogP contribution in [-0.2, 0) is 21.7 Å². The van der Waals surface area contributed by atoms with Gasteiger partial charge in [0, 0.05) is 12.2 Å². The van der Waals surface area contributed by atoms with Crippen molar-refractivity contribution < 1.29 is 18.8 Å². The number of hydrogen-bond donors (Lipinski definition) is 3. The molecule has 1 atom stereocenters. The molecule has 0 saturated carbocycles. The summed E-state index contributed by atoms with van der Waals surface area (Å²) in [5, 5.41) is 8.51. The zero-order valence-electron chi connectivity index (χ0n) is 16.7. The lowest BCUT2D eigenvalue weighted by Crippen LogP contribution is -2.42. The highest BCUT2D eigenvalue weighted by Crippen LogP contribution is 2.28. The van der Waals surface area contributed by atoms with E-state index in [1.807, 2.05) is 25.1 Å². The molecule has 7 nitrogen and oxygen atoms in total. The molecule has 4 amide bonds. The van der Waals surface area contributed by atoms with Gasteiger partial charge >= 0.3 is 6.03 Å². The summed E-state index contributed by atoms with van der Waals surface area (Å²) < 4.78 is 13.2. The molecule has 1 fully saturated rings. The van der Waals surface area contributed by atoms with Gasteiger partial charge in [-0.2, -0.15) is 0 Å². The van der Waals surface area contributed by atoms with E-state index >= 15 is 0 Å². The number of carbonyl (C=O) groups is 3. The number of anilines is 1. The first kappa shape index (κ1) is 23.3. The number of nitrogens with zero attached hydrogens (tertiary/aromatic N) is 1. The summed E-state index contributed by atoms with van der Waals surface area (Å²) in [7, 11) is 0. The summed E-state index contributed by atoms with van der Waals surface area (Å²) in [4.78, 5) is 38.5. The third kappa shape index (κ3) is 4.95. The second kappa shape index (κ2) is 9.69. The summed E-state index contributed by atoms with van der Waals surface area (Å²) in [5.74, 6) is -1.50. The molecule has 0 spiro atoms. The number of carbonyl (C=O) groups excluding carboxylic acids is 3. The Morgan fingerprint density at radius 3 is 2.53 bits per heavy atom. The lowest BCUT2D eigenvalue weighted by Gasteiger charge is -2.22. The van der Waals surface area contributed by atoms with Gasteiger partial charge in [0.1, 0.15) is 17.9 Å². The van der Waals surface area contributed by atoms with Crippen LogP contribution in [0.25, 0.3) is 0 Å². The van der Waals surface area contributed by atoms with Crippen molar-refractivity contribution in [1.29, 1.82) is 0 Å². The van der Waals surface area contributed by atoms with Crippen molar-refractivity contribution in [3.05, 3.63) is 65.5 Å². The normalized spacial score (nSPS) is 18.0. The molecule has 0 aliphatic carbocycles. The number of rotatable bonds is 7. The maximum atomic E-state index is 13.2. The van der Waals surface area contributed by atoms with Gasteiger partial charge in [0.25, 0.3) is 5.91 Å². The van der Waals surface area contributed by atoms with Crippen molar-refractivity contribution in [2.24, 2.45) is 0 Å². The Morgan fingerprint density at radius 1 is 1.17 bits per heavy atom. The molecule has 1 saturated heterocycles. The van der Waals surface area contributed by atoms with Gasteiger partial charge in [0.2, 0.25) is 5.91 Å². The van der Waals surface area contributed by atoms with Crippen molar-refractivity contribution in [2.75, 3.05) is 18.4 Å². The van der Waals surface area contributed by atoms with E-state index in [0.717, 1.165) is 17.0 Å². The number of hydrogen-bond acceptors (Lipinski definition) is 4. The van der Waals surface area contributed by atoms with Gasteiger partial charge < -0.3 is 16.0 Å². The van der Waals surface area contributed by atoms with E-state index in [4.69, 9.17) is 0 Å². The summed E-state index contributed by atoms with van der Waals surface area (Å²) in [6, 6.07) is 12.0. The average molecular weight is 435 g/mol. The first-order chi connectivity index (χ1) is 13.8. The quantitative estimate of drug-likeness (QED) is 0.584. The maximum absolute atomic E-state index is 13.2. The Morgan fingerprint density at radius 2 is 1.87 bits per heavy atom. The smallest absolute Gasteiger partial charge is 0.325 e. The van der Waals surface area contributed by atoms with Crippen LogP contribution in [0.1, 0.15) is 25.0 Å². The summed E-state index contributed by atoms with van der Waals surface area (Å²) in [6.07, 6.45) is 0. The van der Waals surface area contributed by atoms with Crippen LogP contribution >= 0.6 is 12.4 Å². The van der Waals surface area contributed by atoms with Crippen LogP contribution in [0.15, 0.2) is 48.5 Å². The zero-order chi connectivity index (χ0) is 21.0. The number of benzene rings is 2. The first-order valence-electron chi connectivity index (χ1n) is 9.33. The fraction of sp³-hybridized carbons (Fsp3) is 0.286. The predicted molar refractivity (Wildman–Crippen MR) is 114 cm³/mol. The number of amides is 4. The van der Waals surface area contributed by atoms with E-state index in [-0.39, 0.29) is 12.4 Å². The summed E-state index contributed by atoms with van der Waals surface area (Å²) in [6.45, 7) is 4.61. The van der Waals surface area contributed by atoms with Gasteiger partial charge in [-0.15, -0.1) is 12.4 Å². The van der Waals surface area contributed by atoms with Gasteiger partial charge in [-0.25, -0.2) is 9.18 Å². The lowest BCUT2D eigenvalue weighted by atomic mass is 9.92. The summed E-state index contributed by atoms with van der Waals surface area (Å²) in [5.41, 5.74) is 0.676. The lowest BCUT2D eigenvalue weighted by molar-refractivity contribution is -0.133. The molecule has 0 aromatic heterocycles. The zero-order valence-corrected chi connectivity index (χ0v) is 17.5. The van der Waals surface area contributed by atoms with Crippen LogP contribution in [0.5, 0.6) is 0 Å². The molecule has 2 aromatic rings. The SMILES string of the molecule is CCNCc1cccc(NC(=O)CN2C(=O)NC(C)(c3ccc(F)cc3)C2=O)c1.Cl. The Labute approximate surface area is 180 Å². The van der Waals surface area contributed by atoms with Gasteiger partial charge in [0.05, 0.1) is 0 Å². The highest BCUT2D eigenvalue weighted by molar-refractivity contribution is 6.10. The largest absolute Gasteiger partial charge is 0.325 e. The molecule has 0 radical (unpaired) electrons. The number of imide groups is 1. The minimum Gasteiger partial charge on any atom is -0.325 e. The third-order valence-electron chi connectivity index (χ3n) is 4.79. The van der Waals surface area contributed by atoms with Crippen LogP contribution in [-0.4, -0.2) is 35.8 Å².